The van der Waals surface area contributed by atoms with Gasteiger partial charge in [0.25, 0.3) is 0 Å². The van der Waals surface area contributed by atoms with E-state index in [4.69, 9.17) is 11.1 Å². The van der Waals surface area contributed by atoms with Crippen LogP contribution in [0.3, 0.4) is 0 Å². The van der Waals surface area contributed by atoms with Crippen LogP contribution in [0.5, 0.6) is 0 Å². The highest BCUT2D eigenvalue weighted by atomic mass is 79.9. The van der Waals surface area contributed by atoms with E-state index in [1.165, 1.54) is 18.0 Å². The highest BCUT2D eigenvalue weighted by Crippen LogP contribution is 2.09. The van der Waals surface area contributed by atoms with Crippen molar-refractivity contribution in [1.82, 2.24) is 0 Å². The van der Waals surface area contributed by atoms with E-state index in [9.17, 15) is 0 Å². The van der Waals surface area contributed by atoms with Crippen molar-refractivity contribution in [2.75, 3.05) is 6.26 Å². The zero-order chi connectivity index (χ0) is 14.7. The van der Waals surface area contributed by atoms with Gasteiger partial charge in [-0.2, -0.15) is 0 Å². The standard InChI is InChI=1S/C11H13Br3N4S/c1-19-11(18-7-9(13)16)5-3-2-4-10(14)17-6-8(12)15/h3-7,15H,2,16H2,1H3/b5-3+,9-7-,10-4-,15-8?,17-6?,18-11+. The van der Waals surface area contributed by atoms with E-state index in [0.717, 1.165) is 5.04 Å². The molecule has 0 aromatic heterocycles. The van der Waals surface area contributed by atoms with Crippen LogP contribution in [0.1, 0.15) is 6.42 Å². The Balaban J connectivity index is 4.42. The van der Waals surface area contributed by atoms with E-state index in [1.807, 2.05) is 24.5 Å². The molecule has 0 unspecified atom stereocenters. The predicted molar refractivity (Wildman–Crippen MR) is 98.1 cm³/mol. The van der Waals surface area contributed by atoms with Crippen LogP contribution in [0.15, 0.2) is 43.6 Å². The molecule has 0 atom stereocenters. The van der Waals surface area contributed by atoms with Crippen molar-refractivity contribution in [2.45, 2.75) is 6.42 Å². The number of rotatable bonds is 6. The molecular weight excluding hydrogens is 460 g/mol. The second kappa shape index (κ2) is 11.6. The molecule has 0 fully saturated rings. The van der Waals surface area contributed by atoms with Gasteiger partial charge in [-0.25, -0.2) is 9.98 Å². The number of hydrogen-bond acceptors (Lipinski definition) is 5. The van der Waals surface area contributed by atoms with Gasteiger partial charge >= 0.3 is 0 Å². The monoisotopic (exact) mass is 470 g/mol. The molecule has 0 saturated carbocycles. The summed E-state index contributed by atoms with van der Waals surface area (Å²) in [5.41, 5.74) is 5.43. The molecule has 104 valence electrons. The fourth-order valence-electron chi connectivity index (χ4n) is 0.794. The minimum Gasteiger partial charge on any atom is -0.392 e. The van der Waals surface area contributed by atoms with E-state index >= 15 is 0 Å². The Morgan fingerprint density at radius 1 is 1.37 bits per heavy atom. The summed E-state index contributed by atoms with van der Waals surface area (Å²) in [6.07, 6.45) is 11.4. The van der Waals surface area contributed by atoms with Gasteiger partial charge in [-0.1, -0.05) is 6.08 Å². The first-order valence-corrected chi connectivity index (χ1v) is 8.59. The maximum Gasteiger partial charge on any atom is 0.115 e. The molecule has 0 heterocycles. The summed E-state index contributed by atoms with van der Waals surface area (Å²) in [5.74, 6) is 0. The first-order chi connectivity index (χ1) is 8.95. The van der Waals surface area contributed by atoms with E-state index < -0.39 is 0 Å². The zero-order valence-electron chi connectivity index (χ0n) is 10.1. The molecule has 0 radical (unpaired) electrons. The van der Waals surface area contributed by atoms with Gasteiger partial charge in [0.15, 0.2) is 0 Å². The number of nitrogens with zero attached hydrogens (tertiary/aromatic N) is 2. The van der Waals surface area contributed by atoms with Crippen molar-refractivity contribution >= 4 is 75.4 Å². The van der Waals surface area contributed by atoms with Crippen LogP contribution in [-0.2, 0) is 0 Å². The van der Waals surface area contributed by atoms with Gasteiger partial charge in [0.05, 0.1) is 22.1 Å². The maximum absolute atomic E-state index is 7.13. The van der Waals surface area contributed by atoms with E-state index in [2.05, 4.69) is 57.8 Å². The van der Waals surface area contributed by atoms with Crippen LogP contribution in [0, 0.1) is 5.41 Å². The van der Waals surface area contributed by atoms with Gasteiger partial charge in [0, 0.05) is 0 Å². The summed E-state index contributed by atoms with van der Waals surface area (Å²) < 4.78 is 1.39. The Kier molecular flexibility index (Phi) is 11.5. The van der Waals surface area contributed by atoms with Crippen LogP contribution in [0.2, 0.25) is 0 Å². The molecule has 0 spiro atoms. The smallest absolute Gasteiger partial charge is 0.115 e. The normalized spacial score (nSPS) is 14.6. The van der Waals surface area contributed by atoms with E-state index in [1.54, 1.807) is 6.20 Å². The van der Waals surface area contributed by atoms with E-state index in [0.29, 0.717) is 15.6 Å². The zero-order valence-corrected chi connectivity index (χ0v) is 15.7. The molecule has 0 aromatic carbocycles. The molecule has 0 saturated heterocycles. The number of hydrogen-bond donors (Lipinski definition) is 2. The van der Waals surface area contributed by atoms with Crippen LogP contribution >= 0.6 is 59.6 Å². The molecule has 0 aromatic rings. The lowest BCUT2D eigenvalue weighted by Gasteiger charge is -1.93. The van der Waals surface area contributed by atoms with Gasteiger partial charge < -0.3 is 5.73 Å². The lowest BCUT2D eigenvalue weighted by molar-refractivity contribution is 1.35. The fraction of sp³-hybridized carbons (Fsp3) is 0.182. The number of nitrogens with one attached hydrogen (secondary N) is 1. The average Bonchev–Trinajstić information content (AvgIpc) is 2.35. The van der Waals surface area contributed by atoms with Crippen molar-refractivity contribution in [2.24, 2.45) is 15.7 Å². The van der Waals surface area contributed by atoms with Crippen LogP contribution in [0.4, 0.5) is 0 Å². The van der Waals surface area contributed by atoms with Crippen LogP contribution in [0.25, 0.3) is 0 Å². The molecule has 19 heavy (non-hydrogen) atoms. The van der Waals surface area contributed by atoms with Crippen molar-refractivity contribution in [3.05, 3.63) is 33.6 Å². The average molecular weight is 473 g/mol. The van der Waals surface area contributed by atoms with Crippen molar-refractivity contribution in [3.8, 4) is 0 Å². The van der Waals surface area contributed by atoms with Crippen molar-refractivity contribution in [3.63, 3.8) is 0 Å². The Hall–Kier alpha value is -0.180. The summed E-state index contributed by atoms with van der Waals surface area (Å²) in [7, 11) is 0. The summed E-state index contributed by atoms with van der Waals surface area (Å²) in [4.78, 5) is 8.18. The van der Waals surface area contributed by atoms with Crippen LogP contribution in [-0.4, -0.2) is 22.1 Å². The first-order valence-electron chi connectivity index (χ1n) is 4.99. The SMILES string of the molecule is CSC(/C=C/C/C=C(/Br)N=CC(=N)Br)=N/C=C(\N)Br. The summed E-state index contributed by atoms with van der Waals surface area (Å²) in [6.45, 7) is 0. The molecular formula is C11H13Br3N4S. The molecule has 0 rings (SSSR count). The molecule has 8 heteroatoms. The third-order valence-corrected chi connectivity index (χ3v) is 3.11. The highest BCUT2D eigenvalue weighted by Gasteiger charge is 1.89. The third kappa shape index (κ3) is 12.6. The number of allylic oxidation sites excluding steroid dienone is 2. The topological polar surface area (TPSA) is 74.6 Å². The minimum absolute atomic E-state index is 0.226. The number of halogens is 3. The van der Waals surface area contributed by atoms with E-state index in [-0.39, 0.29) is 4.62 Å². The number of thioether (sulfide) groups is 1. The Morgan fingerprint density at radius 3 is 2.58 bits per heavy atom. The quantitative estimate of drug-likeness (QED) is 0.338. The molecule has 0 aliphatic carbocycles. The number of nitrogens with two attached hydrogens (primary N) is 1. The third-order valence-electron chi connectivity index (χ3n) is 1.51. The van der Waals surface area contributed by atoms with Gasteiger partial charge in [0.1, 0.15) is 9.23 Å². The maximum atomic E-state index is 7.13. The summed E-state index contributed by atoms with van der Waals surface area (Å²) in [6, 6.07) is 0. The minimum atomic E-state index is 0.226. The molecule has 4 nitrogen and oxygen atoms in total. The van der Waals surface area contributed by atoms with Gasteiger partial charge in [0.2, 0.25) is 0 Å². The largest absolute Gasteiger partial charge is 0.392 e. The Labute approximate surface area is 142 Å². The van der Waals surface area contributed by atoms with Gasteiger partial charge in [-0.15, -0.1) is 11.8 Å². The second-order valence-electron chi connectivity index (χ2n) is 2.96. The molecule has 3 N–H and O–H groups in total. The molecule has 0 aliphatic rings. The number of aliphatic imine (C=N–C) groups is 2. The molecule has 0 bridgehead atoms. The van der Waals surface area contributed by atoms with Gasteiger partial charge in [-0.05, 0) is 72.6 Å². The second-order valence-corrected chi connectivity index (χ2v) is 6.37. The first kappa shape index (κ1) is 18.8. The Bertz CT molecular complexity index is 449. The van der Waals surface area contributed by atoms with Crippen LogP contribution < -0.4 is 5.73 Å². The van der Waals surface area contributed by atoms with Crippen molar-refractivity contribution < 1.29 is 0 Å². The summed E-state index contributed by atoms with van der Waals surface area (Å²) in [5, 5.41) is 7.99. The summed E-state index contributed by atoms with van der Waals surface area (Å²) >= 11 is 10.9. The lowest BCUT2D eigenvalue weighted by Crippen LogP contribution is -1.87. The Morgan fingerprint density at radius 2 is 2.05 bits per heavy atom. The van der Waals surface area contributed by atoms with Gasteiger partial charge in [-0.3, -0.25) is 5.41 Å². The lowest BCUT2D eigenvalue weighted by atomic mass is 10.4. The molecule has 0 aliphatic heterocycles. The predicted octanol–water partition coefficient (Wildman–Crippen LogP) is 4.53. The fourth-order valence-corrected chi connectivity index (χ4v) is 1.68. The van der Waals surface area contributed by atoms with Crippen molar-refractivity contribution in [1.29, 1.82) is 5.41 Å². The molecule has 0 amide bonds. The highest BCUT2D eigenvalue weighted by molar-refractivity contribution is 9.19.